The van der Waals surface area contributed by atoms with Gasteiger partial charge in [0.25, 0.3) is 0 Å². The van der Waals surface area contributed by atoms with Gasteiger partial charge >= 0.3 is 5.97 Å². The van der Waals surface area contributed by atoms with Crippen LogP contribution >= 0.6 is 0 Å². The number of aromatic nitrogens is 1. The van der Waals surface area contributed by atoms with Gasteiger partial charge in [-0.05, 0) is 44.2 Å². The molecule has 1 aromatic heterocycles. The van der Waals surface area contributed by atoms with Gasteiger partial charge in [-0.15, -0.1) is 0 Å². The Kier molecular flexibility index (Phi) is 5.53. The lowest BCUT2D eigenvalue weighted by atomic mass is 10.2. The first-order chi connectivity index (χ1) is 12.8. The zero-order valence-corrected chi connectivity index (χ0v) is 15.9. The summed E-state index contributed by atoms with van der Waals surface area (Å²) in [7, 11) is -3.68. The minimum absolute atomic E-state index is 0.00485. The summed E-state index contributed by atoms with van der Waals surface area (Å²) in [5.41, 5.74) is 1.61. The van der Waals surface area contributed by atoms with Crippen LogP contribution in [0.15, 0.2) is 65.6 Å². The number of ether oxygens (including phenoxy) is 1. The van der Waals surface area contributed by atoms with E-state index in [1.54, 1.807) is 19.9 Å². The molecule has 0 radical (unpaired) electrons. The number of carbonyl (C=O) groups excluding carboxylic acids is 1. The second kappa shape index (κ2) is 7.85. The Labute approximate surface area is 158 Å². The molecule has 0 saturated heterocycles. The molecule has 3 rings (SSSR count). The molecular formula is C20H20N2O4S. The number of rotatable bonds is 6. The Morgan fingerprint density at radius 3 is 2.63 bits per heavy atom. The minimum atomic E-state index is -3.68. The molecule has 27 heavy (non-hydrogen) atoms. The number of para-hydroxylation sites is 1. The SMILES string of the molecule is CC(C)NS(=O)(=O)c1cccc(C(=O)OCc2ccc3ccccc3n2)c1. The second-order valence-electron chi connectivity index (χ2n) is 6.38. The predicted octanol–water partition coefficient (Wildman–Crippen LogP) is 3.28. The van der Waals surface area contributed by atoms with Gasteiger partial charge in [-0.1, -0.05) is 30.3 Å². The maximum absolute atomic E-state index is 12.3. The summed E-state index contributed by atoms with van der Waals surface area (Å²) in [5.74, 6) is -0.605. The number of hydrogen-bond donors (Lipinski definition) is 1. The van der Waals surface area contributed by atoms with Crippen molar-refractivity contribution in [1.29, 1.82) is 0 Å². The zero-order valence-electron chi connectivity index (χ0n) is 15.0. The van der Waals surface area contributed by atoms with Crippen LogP contribution in [-0.2, 0) is 21.4 Å². The van der Waals surface area contributed by atoms with E-state index < -0.39 is 16.0 Å². The highest BCUT2D eigenvalue weighted by Gasteiger charge is 2.18. The number of hydrogen-bond acceptors (Lipinski definition) is 5. The highest BCUT2D eigenvalue weighted by Crippen LogP contribution is 2.15. The number of fused-ring (bicyclic) bond motifs is 1. The van der Waals surface area contributed by atoms with Gasteiger partial charge in [0.2, 0.25) is 10.0 Å². The summed E-state index contributed by atoms with van der Waals surface area (Å²) in [6.45, 7) is 3.46. The van der Waals surface area contributed by atoms with E-state index in [9.17, 15) is 13.2 Å². The number of nitrogens with zero attached hydrogens (tertiary/aromatic N) is 1. The molecule has 3 aromatic rings. The van der Waals surface area contributed by atoms with Crippen LogP contribution in [0.2, 0.25) is 0 Å². The van der Waals surface area contributed by atoms with Crippen molar-refractivity contribution in [3.05, 3.63) is 71.9 Å². The van der Waals surface area contributed by atoms with Gasteiger partial charge in [0.05, 0.1) is 21.7 Å². The highest BCUT2D eigenvalue weighted by molar-refractivity contribution is 7.89. The van der Waals surface area contributed by atoms with E-state index in [0.29, 0.717) is 5.69 Å². The number of benzene rings is 2. The Morgan fingerprint density at radius 2 is 1.85 bits per heavy atom. The van der Waals surface area contributed by atoms with Crippen LogP contribution < -0.4 is 4.72 Å². The molecule has 0 bridgehead atoms. The van der Waals surface area contributed by atoms with Crippen LogP contribution in [0, 0.1) is 0 Å². The van der Waals surface area contributed by atoms with E-state index >= 15 is 0 Å². The number of sulfonamides is 1. The third-order valence-corrected chi connectivity index (χ3v) is 5.43. The molecule has 0 aliphatic carbocycles. The molecule has 6 nitrogen and oxygen atoms in total. The standard InChI is InChI=1S/C20H20N2O4S/c1-14(2)22-27(24,25)18-8-5-7-16(12-18)20(23)26-13-17-11-10-15-6-3-4-9-19(15)21-17/h3-12,14,22H,13H2,1-2H3. The summed E-state index contributed by atoms with van der Waals surface area (Å²) < 4.78 is 32.3. The van der Waals surface area contributed by atoms with Crippen LogP contribution in [-0.4, -0.2) is 25.4 Å². The molecule has 1 N–H and O–H groups in total. The van der Waals surface area contributed by atoms with E-state index in [-0.39, 0.29) is 23.1 Å². The first kappa shape index (κ1) is 19.0. The van der Waals surface area contributed by atoms with Gasteiger partial charge < -0.3 is 4.74 Å². The summed E-state index contributed by atoms with van der Waals surface area (Å²) in [4.78, 5) is 16.8. The van der Waals surface area contributed by atoms with Gasteiger partial charge in [0.1, 0.15) is 6.61 Å². The van der Waals surface area contributed by atoms with Crippen molar-refractivity contribution >= 4 is 26.9 Å². The average molecular weight is 384 g/mol. The zero-order chi connectivity index (χ0) is 19.4. The van der Waals surface area contributed by atoms with E-state index in [0.717, 1.165) is 10.9 Å². The topological polar surface area (TPSA) is 85.4 Å². The summed E-state index contributed by atoms with van der Waals surface area (Å²) in [6.07, 6.45) is 0. The third kappa shape index (κ3) is 4.69. The quantitative estimate of drug-likeness (QED) is 0.659. The fourth-order valence-corrected chi connectivity index (χ4v) is 3.88. The van der Waals surface area contributed by atoms with Gasteiger partial charge in [-0.2, -0.15) is 0 Å². The first-order valence-electron chi connectivity index (χ1n) is 8.49. The van der Waals surface area contributed by atoms with Crippen molar-refractivity contribution in [1.82, 2.24) is 9.71 Å². The average Bonchev–Trinajstić information content (AvgIpc) is 2.65. The Balaban J connectivity index is 1.73. The van der Waals surface area contributed by atoms with Crippen molar-refractivity contribution in [2.45, 2.75) is 31.4 Å². The highest BCUT2D eigenvalue weighted by atomic mass is 32.2. The minimum Gasteiger partial charge on any atom is -0.456 e. The Hall–Kier alpha value is -2.77. The maximum atomic E-state index is 12.3. The fourth-order valence-electron chi connectivity index (χ4n) is 2.58. The second-order valence-corrected chi connectivity index (χ2v) is 8.09. The fraction of sp³-hybridized carbons (Fsp3) is 0.200. The summed E-state index contributed by atoms with van der Waals surface area (Å²) in [6, 6.07) is 16.9. The number of carbonyl (C=O) groups is 1. The van der Waals surface area contributed by atoms with Crippen LogP contribution in [0.3, 0.4) is 0 Å². The molecule has 0 fully saturated rings. The molecular weight excluding hydrogens is 364 g/mol. The van der Waals surface area contributed by atoms with Crippen LogP contribution in [0.4, 0.5) is 0 Å². The summed E-state index contributed by atoms with van der Waals surface area (Å²) >= 11 is 0. The maximum Gasteiger partial charge on any atom is 0.338 e. The molecule has 0 spiro atoms. The lowest BCUT2D eigenvalue weighted by Gasteiger charge is -2.10. The van der Waals surface area contributed by atoms with Crippen LogP contribution in [0.1, 0.15) is 29.9 Å². The molecule has 0 aliphatic rings. The monoisotopic (exact) mass is 384 g/mol. The molecule has 0 aliphatic heterocycles. The lowest BCUT2D eigenvalue weighted by Crippen LogP contribution is -2.30. The third-order valence-electron chi connectivity index (χ3n) is 3.78. The van der Waals surface area contributed by atoms with Crippen molar-refractivity contribution in [3.8, 4) is 0 Å². The lowest BCUT2D eigenvalue weighted by molar-refractivity contribution is 0.0468. The van der Waals surface area contributed by atoms with Gasteiger partial charge in [-0.3, -0.25) is 0 Å². The molecule has 140 valence electrons. The van der Waals surface area contributed by atoms with Crippen molar-refractivity contribution in [2.24, 2.45) is 0 Å². The number of pyridine rings is 1. The van der Waals surface area contributed by atoms with Crippen molar-refractivity contribution in [2.75, 3.05) is 0 Å². The van der Waals surface area contributed by atoms with Crippen LogP contribution in [0.5, 0.6) is 0 Å². The van der Waals surface area contributed by atoms with Crippen molar-refractivity contribution in [3.63, 3.8) is 0 Å². The van der Waals surface area contributed by atoms with E-state index in [1.807, 2.05) is 30.3 Å². The van der Waals surface area contributed by atoms with E-state index in [1.165, 1.54) is 24.3 Å². The Bertz CT molecular complexity index is 1080. The number of esters is 1. The van der Waals surface area contributed by atoms with Crippen LogP contribution in [0.25, 0.3) is 10.9 Å². The summed E-state index contributed by atoms with van der Waals surface area (Å²) in [5, 5.41) is 1.00. The molecule has 0 amide bonds. The van der Waals surface area contributed by atoms with E-state index in [4.69, 9.17) is 4.74 Å². The first-order valence-corrected chi connectivity index (χ1v) is 9.98. The van der Waals surface area contributed by atoms with Crippen molar-refractivity contribution < 1.29 is 17.9 Å². The smallest absolute Gasteiger partial charge is 0.338 e. The molecule has 2 aromatic carbocycles. The number of nitrogens with one attached hydrogen (secondary N) is 1. The largest absolute Gasteiger partial charge is 0.456 e. The molecule has 0 saturated carbocycles. The molecule has 0 atom stereocenters. The normalized spacial score (nSPS) is 11.7. The van der Waals surface area contributed by atoms with Gasteiger partial charge in [0, 0.05) is 11.4 Å². The van der Waals surface area contributed by atoms with Gasteiger partial charge in [0.15, 0.2) is 0 Å². The Morgan fingerprint density at radius 1 is 1.07 bits per heavy atom. The molecule has 0 unspecified atom stereocenters. The molecule has 1 heterocycles. The molecule has 7 heteroatoms. The predicted molar refractivity (Wildman–Crippen MR) is 103 cm³/mol. The van der Waals surface area contributed by atoms with Gasteiger partial charge in [-0.25, -0.2) is 22.9 Å². The van der Waals surface area contributed by atoms with E-state index in [2.05, 4.69) is 9.71 Å².